The Morgan fingerprint density at radius 2 is 1.72 bits per heavy atom. The summed E-state index contributed by atoms with van der Waals surface area (Å²) in [4.78, 5) is 0. The van der Waals surface area contributed by atoms with Gasteiger partial charge in [0.25, 0.3) is 0 Å². The molecule has 0 atom stereocenters. The molecule has 1 aromatic rings. The number of benzene rings is 1. The summed E-state index contributed by atoms with van der Waals surface area (Å²) < 4.78 is 75.4. The van der Waals surface area contributed by atoms with E-state index >= 15 is 0 Å². The zero-order valence-electron chi connectivity index (χ0n) is 8.28. The first-order valence-corrected chi connectivity index (χ1v) is 8.48. The molecule has 1 rings (SSSR count). The van der Waals surface area contributed by atoms with Crippen molar-refractivity contribution in [1.29, 1.82) is 5.26 Å². The van der Waals surface area contributed by atoms with Crippen LogP contribution in [0.15, 0.2) is 24.3 Å². The fourth-order valence-electron chi connectivity index (χ4n) is 0.762. The number of hydrogen-bond donors (Lipinski definition) is 0. The zero-order chi connectivity index (χ0) is 14.0. The first kappa shape index (κ1) is 15.1. The standard InChI is InChI=1S/C8H4F4INO3S/c9-6-1-3-7(4-2-6)13(5-14)17-18(15,16)8(10,11)12/h1-4H. The molecule has 0 bridgehead atoms. The average molecular weight is 397 g/mol. The van der Waals surface area contributed by atoms with Gasteiger partial charge in [0.1, 0.15) is 0 Å². The predicted molar refractivity (Wildman–Crippen MR) is 60.8 cm³/mol. The molecule has 0 amide bonds. The molecule has 1 aromatic carbocycles. The van der Waals surface area contributed by atoms with E-state index in [2.05, 4.69) is 2.51 Å². The Labute approximate surface area is 107 Å². The molecular weight excluding hydrogens is 393 g/mol. The van der Waals surface area contributed by atoms with Crippen LogP contribution in [0.2, 0.25) is 0 Å². The van der Waals surface area contributed by atoms with Crippen LogP contribution in [0.3, 0.4) is 0 Å². The molecule has 0 fully saturated rings. The van der Waals surface area contributed by atoms with Crippen LogP contribution in [0.25, 0.3) is 0 Å². The first-order chi connectivity index (χ1) is 8.17. The molecule has 0 saturated carbocycles. The number of halogens is 5. The second-order valence-corrected chi connectivity index (χ2v) is 8.46. The molecule has 0 heterocycles. The monoisotopic (exact) mass is 397 g/mol. The average Bonchev–Trinajstić information content (AvgIpc) is 2.25. The number of nitriles is 1. The van der Waals surface area contributed by atoms with Gasteiger partial charge in [0.2, 0.25) is 0 Å². The van der Waals surface area contributed by atoms with E-state index in [1.165, 1.54) is 4.08 Å². The van der Waals surface area contributed by atoms with Gasteiger partial charge in [-0.05, 0) is 0 Å². The van der Waals surface area contributed by atoms with E-state index in [0.29, 0.717) is 0 Å². The second kappa shape index (κ2) is 5.37. The maximum absolute atomic E-state index is 12.6. The Hall–Kier alpha value is -0.930. The summed E-state index contributed by atoms with van der Waals surface area (Å²) in [5.41, 5.74) is -5.58. The van der Waals surface area contributed by atoms with Crippen molar-refractivity contribution in [2.75, 3.05) is 0 Å². The molecule has 0 N–H and O–H groups in total. The summed E-state index contributed by atoms with van der Waals surface area (Å²) in [5.74, 6) is -0.661. The van der Waals surface area contributed by atoms with Crippen LogP contribution in [0.5, 0.6) is 0 Å². The van der Waals surface area contributed by atoms with Crippen LogP contribution in [-0.2, 0) is 12.6 Å². The summed E-state index contributed by atoms with van der Waals surface area (Å²) in [7, 11) is -5.81. The summed E-state index contributed by atoms with van der Waals surface area (Å²) >= 11 is -3.68. The van der Waals surface area contributed by atoms with Crippen molar-refractivity contribution in [3.8, 4) is 4.08 Å². The van der Waals surface area contributed by atoms with Gasteiger partial charge in [-0.15, -0.1) is 0 Å². The Balaban J connectivity index is 3.01. The number of alkyl halides is 3. The Morgan fingerprint density at radius 3 is 2.11 bits per heavy atom. The number of nitrogens with zero attached hydrogens (tertiary/aromatic N) is 1. The third kappa shape index (κ3) is 3.53. The molecule has 100 valence electrons. The van der Waals surface area contributed by atoms with Crippen LogP contribution in [0.1, 0.15) is 0 Å². The molecule has 10 heteroatoms. The van der Waals surface area contributed by atoms with E-state index in [-0.39, 0.29) is 3.57 Å². The van der Waals surface area contributed by atoms with E-state index in [1.54, 1.807) is 0 Å². The van der Waals surface area contributed by atoms with E-state index < -0.39 is 41.7 Å². The van der Waals surface area contributed by atoms with E-state index in [0.717, 1.165) is 24.3 Å². The minimum atomic E-state index is -5.81. The number of rotatable bonds is 3. The third-order valence-corrected chi connectivity index (χ3v) is 7.15. The van der Waals surface area contributed by atoms with Gasteiger partial charge in [-0.1, -0.05) is 0 Å². The molecule has 4 nitrogen and oxygen atoms in total. The normalized spacial score (nSPS) is 12.9. The first-order valence-electron chi connectivity index (χ1n) is 4.04. The van der Waals surface area contributed by atoms with Crippen molar-refractivity contribution >= 4 is 30.4 Å². The van der Waals surface area contributed by atoms with Crippen molar-refractivity contribution in [3.63, 3.8) is 0 Å². The molecule has 0 saturated heterocycles. The van der Waals surface area contributed by atoms with Gasteiger partial charge in [0, 0.05) is 0 Å². The molecule has 0 unspecified atom stereocenters. The van der Waals surface area contributed by atoms with Gasteiger partial charge >= 0.3 is 107 Å². The van der Waals surface area contributed by atoms with Gasteiger partial charge < -0.3 is 0 Å². The summed E-state index contributed by atoms with van der Waals surface area (Å²) in [5, 5.41) is 8.65. The van der Waals surface area contributed by atoms with Crippen LogP contribution >= 0.6 is 20.2 Å². The van der Waals surface area contributed by atoms with Crippen LogP contribution < -0.4 is 0 Å². The Morgan fingerprint density at radius 1 is 1.22 bits per heavy atom. The molecule has 0 spiro atoms. The zero-order valence-corrected chi connectivity index (χ0v) is 11.3. The van der Waals surface area contributed by atoms with Crippen LogP contribution in [-0.4, -0.2) is 13.9 Å². The number of hydrogen-bond acceptors (Lipinski definition) is 4. The van der Waals surface area contributed by atoms with Gasteiger partial charge in [0.05, 0.1) is 0 Å². The van der Waals surface area contributed by atoms with Crippen LogP contribution in [0.4, 0.5) is 17.6 Å². The van der Waals surface area contributed by atoms with Crippen LogP contribution in [0, 0.1) is 18.7 Å². The molecule has 0 aromatic heterocycles. The van der Waals surface area contributed by atoms with E-state index in [4.69, 9.17) is 5.26 Å². The molecule has 0 radical (unpaired) electrons. The molecule has 0 aliphatic carbocycles. The third-order valence-electron chi connectivity index (χ3n) is 1.51. The second-order valence-electron chi connectivity index (χ2n) is 2.73. The Kier molecular flexibility index (Phi) is 4.51. The van der Waals surface area contributed by atoms with Crippen molar-refractivity contribution in [2.45, 2.75) is 5.51 Å². The minimum absolute atomic E-state index is 0.0454. The van der Waals surface area contributed by atoms with Gasteiger partial charge in [0.15, 0.2) is 0 Å². The SMILES string of the molecule is N#CI(OS(=O)(=O)C(F)(F)F)c1ccc(F)cc1. The van der Waals surface area contributed by atoms with Gasteiger partial charge in [-0.3, -0.25) is 0 Å². The molecule has 0 aliphatic rings. The van der Waals surface area contributed by atoms with E-state index in [1.807, 2.05) is 0 Å². The molecular formula is C8H4F4INO3S. The quantitative estimate of drug-likeness (QED) is 0.447. The summed E-state index contributed by atoms with van der Waals surface area (Å²) in [6.07, 6.45) is 0. The molecule has 18 heavy (non-hydrogen) atoms. The van der Waals surface area contributed by atoms with Crippen molar-refractivity contribution in [3.05, 3.63) is 33.7 Å². The topological polar surface area (TPSA) is 67.2 Å². The predicted octanol–water partition coefficient (Wildman–Crippen LogP) is 2.76. The van der Waals surface area contributed by atoms with Gasteiger partial charge in [-0.2, -0.15) is 0 Å². The maximum atomic E-state index is 12.6. The summed E-state index contributed by atoms with van der Waals surface area (Å²) in [6.45, 7) is 0. The van der Waals surface area contributed by atoms with Crippen molar-refractivity contribution in [1.82, 2.24) is 0 Å². The fourth-order valence-corrected chi connectivity index (χ4v) is 5.29. The van der Waals surface area contributed by atoms with Crippen molar-refractivity contribution in [2.24, 2.45) is 0 Å². The summed E-state index contributed by atoms with van der Waals surface area (Å²) in [6, 6.07) is 3.85. The molecule has 0 aliphatic heterocycles. The fraction of sp³-hybridized carbons (Fsp3) is 0.125. The Bertz CT molecular complexity index is 563. The van der Waals surface area contributed by atoms with Gasteiger partial charge in [-0.25, -0.2) is 0 Å². The van der Waals surface area contributed by atoms with E-state index in [9.17, 15) is 26.0 Å². The van der Waals surface area contributed by atoms with Crippen molar-refractivity contribution < 1.29 is 28.5 Å².